The number of nitrogens with zero attached hydrogens (tertiary/aromatic N) is 2. The van der Waals surface area contributed by atoms with Crippen LogP contribution in [0, 0.1) is 5.92 Å². The Labute approximate surface area is 131 Å². The zero-order chi connectivity index (χ0) is 15.2. The molecule has 0 saturated carbocycles. The van der Waals surface area contributed by atoms with Crippen LogP contribution in [0.4, 0.5) is 14.6 Å². The molecule has 1 aliphatic heterocycles. The molecule has 0 atom stereocenters. The van der Waals surface area contributed by atoms with Crippen LogP contribution in [0.25, 0.3) is 0 Å². The Hall–Kier alpha value is -1.24. The van der Waals surface area contributed by atoms with Crippen molar-refractivity contribution in [2.75, 3.05) is 24.5 Å². The average Bonchev–Trinajstić information content (AvgIpc) is 2.47. The summed E-state index contributed by atoms with van der Waals surface area (Å²) in [7, 11) is 0. The summed E-state index contributed by atoms with van der Waals surface area (Å²) < 4.78 is 25.0. The van der Waals surface area contributed by atoms with E-state index in [9.17, 15) is 13.6 Å². The summed E-state index contributed by atoms with van der Waals surface area (Å²) in [5, 5.41) is 2.26. The van der Waals surface area contributed by atoms with E-state index in [-0.39, 0.29) is 11.8 Å². The van der Waals surface area contributed by atoms with E-state index in [0.29, 0.717) is 6.42 Å². The van der Waals surface area contributed by atoms with Crippen LogP contribution in [0.3, 0.4) is 0 Å². The number of pyridine rings is 1. The summed E-state index contributed by atoms with van der Waals surface area (Å²) >= 11 is 3.48. The van der Waals surface area contributed by atoms with Gasteiger partial charge < -0.3 is 10.2 Å². The van der Waals surface area contributed by atoms with Gasteiger partial charge in [0, 0.05) is 25.7 Å². The zero-order valence-electron chi connectivity index (χ0n) is 11.6. The third kappa shape index (κ3) is 4.91. The summed E-state index contributed by atoms with van der Waals surface area (Å²) in [5.41, 5.74) is 0. The maximum atomic E-state index is 12.0. The number of hydrogen-bond donors (Lipinski definition) is 1. The molecular weight excluding hydrogens is 344 g/mol. The fourth-order valence-electron chi connectivity index (χ4n) is 2.48. The second-order valence-electron chi connectivity index (χ2n) is 5.14. The monoisotopic (exact) mass is 361 g/mol. The zero-order valence-corrected chi connectivity index (χ0v) is 13.2. The van der Waals surface area contributed by atoms with Crippen LogP contribution in [0.1, 0.15) is 19.3 Å². The fraction of sp³-hybridized carbons (Fsp3) is 0.571. The van der Waals surface area contributed by atoms with Crippen molar-refractivity contribution in [2.45, 2.75) is 25.7 Å². The maximum Gasteiger partial charge on any atom is 0.255 e. The van der Waals surface area contributed by atoms with E-state index >= 15 is 0 Å². The number of hydrogen-bond acceptors (Lipinski definition) is 3. The molecule has 1 N–H and O–H groups in total. The van der Waals surface area contributed by atoms with Gasteiger partial charge in [-0.1, -0.05) is 0 Å². The van der Waals surface area contributed by atoms with Gasteiger partial charge in [-0.15, -0.1) is 0 Å². The third-order valence-electron chi connectivity index (χ3n) is 3.58. The average molecular weight is 362 g/mol. The lowest BCUT2D eigenvalue weighted by Gasteiger charge is -2.33. The topological polar surface area (TPSA) is 45.2 Å². The molecule has 2 heterocycles. The number of carbonyl (C=O) groups is 1. The van der Waals surface area contributed by atoms with Gasteiger partial charge in [-0.25, -0.2) is 13.8 Å². The number of piperidine rings is 1. The van der Waals surface area contributed by atoms with E-state index in [2.05, 4.69) is 31.1 Å². The molecule has 0 aromatic carbocycles. The summed E-state index contributed by atoms with van der Waals surface area (Å²) in [5.74, 6) is 0.882. The van der Waals surface area contributed by atoms with Crippen molar-refractivity contribution in [3.05, 3.63) is 22.8 Å². The Morgan fingerprint density at radius 2 is 2.19 bits per heavy atom. The van der Waals surface area contributed by atoms with E-state index in [1.165, 1.54) is 0 Å². The number of alkyl halides is 2. The van der Waals surface area contributed by atoms with Crippen LogP contribution in [-0.4, -0.2) is 37.0 Å². The molecule has 0 spiro atoms. The van der Waals surface area contributed by atoms with Crippen molar-refractivity contribution < 1.29 is 13.6 Å². The van der Waals surface area contributed by atoms with Gasteiger partial charge in [-0.2, -0.15) is 0 Å². The number of anilines is 1. The first-order valence-electron chi connectivity index (χ1n) is 6.96. The van der Waals surface area contributed by atoms with Crippen molar-refractivity contribution in [1.82, 2.24) is 10.3 Å². The largest absolute Gasteiger partial charge is 0.356 e. The quantitative estimate of drug-likeness (QED) is 0.876. The molecule has 4 nitrogen and oxygen atoms in total. The van der Waals surface area contributed by atoms with Gasteiger partial charge >= 0.3 is 0 Å². The van der Waals surface area contributed by atoms with Crippen LogP contribution in [0.2, 0.25) is 0 Å². The number of nitrogens with one attached hydrogen (secondary N) is 1. The molecule has 0 radical (unpaired) electrons. The van der Waals surface area contributed by atoms with E-state index in [1.807, 2.05) is 12.1 Å². The SMILES string of the molecule is O=C(CC1CCN(c2ncccc2Br)CC1)NCC(F)F. The minimum absolute atomic E-state index is 0.251. The Morgan fingerprint density at radius 1 is 1.48 bits per heavy atom. The highest BCUT2D eigenvalue weighted by Gasteiger charge is 2.23. The van der Waals surface area contributed by atoms with E-state index in [1.54, 1.807) is 6.20 Å². The van der Waals surface area contributed by atoms with Gasteiger partial charge in [0.05, 0.1) is 11.0 Å². The molecule has 1 saturated heterocycles. The van der Waals surface area contributed by atoms with Crippen LogP contribution < -0.4 is 10.2 Å². The molecule has 7 heteroatoms. The van der Waals surface area contributed by atoms with Gasteiger partial charge in [0.25, 0.3) is 6.43 Å². The Bertz CT molecular complexity index is 479. The number of amides is 1. The van der Waals surface area contributed by atoms with Crippen LogP contribution >= 0.6 is 15.9 Å². The van der Waals surface area contributed by atoms with E-state index < -0.39 is 13.0 Å². The molecular formula is C14H18BrF2N3O. The second kappa shape index (κ2) is 7.68. The molecule has 1 aliphatic rings. The molecule has 0 bridgehead atoms. The smallest absolute Gasteiger partial charge is 0.255 e. The Morgan fingerprint density at radius 3 is 2.81 bits per heavy atom. The number of halogens is 3. The lowest BCUT2D eigenvalue weighted by atomic mass is 9.93. The van der Waals surface area contributed by atoms with E-state index in [0.717, 1.165) is 36.2 Å². The lowest BCUT2D eigenvalue weighted by molar-refractivity contribution is -0.122. The Kier molecular flexibility index (Phi) is 5.90. The third-order valence-corrected chi connectivity index (χ3v) is 4.20. The van der Waals surface area contributed by atoms with Gasteiger partial charge in [0.15, 0.2) is 0 Å². The first kappa shape index (κ1) is 16.1. The predicted octanol–water partition coefficient (Wildman–Crippen LogP) is 2.83. The first-order valence-corrected chi connectivity index (χ1v) is 7.76. The molecule has 1 aromatic rings. The van der Waals surface area contributed by atoms with Gasteiger partial charge in [0.2, 0.25) is 5.91 Å². The summed E-state index contributed by atoms with van der Waals surface area (Å²) in [6.07, 6.45) is 1.32. The van der Waals surface area contributed by atoms with Gasteiger partial charge in [-0.05, 0) is 46.8 Å². The molecule has 0 unspecified atom stereocenters. The minimum Gasteiger partial charge on any atom is -0.356 e. The molecule has 1 amide bonds. The second-order valence-corrected chi connectivity index (χ2v) is 5.99. The van der Waals surface area contributed by atoms with Crippen LogP contribution in [0.15, 0.2) is 22.8 Å². The lowest BCUT2D eigenvalue weighted by Crippen LogP contribution is -2.37. The fourth-order valence-corrected chi connectivity index (χ4v) is 2.99. The standard InChI is InChI=1S/C14H18BrF2N3O/c15-11-2-1-5-18-14(11)20-6-3-10(4-7-20)8-13(21)19-9-12(16)17/h1-2,5,10,12H,3-4,6-9H2,(H,19,21). The molecule has 0 aliphatic carbocycles. The molecule has 1 fully saturated rings. The number of carbonyl (C=O) groups excluding carboxylic acids is 1. The molecule has 116 valence electrons. The van der Waals surface area contributed by atoms with Crippen molar-refractivity contribution in [2.24, 2.45) is 5.92 Å². The van der Waals surface area contributed by atoms with Crippen molar-refractivity contribution in [1.29, 1.82) is 0 Å². The highest BCUT2D eigenvalue weighted by molar-refractivity contribution is 9.10. The van der Waals surface area contributed by atoms with Crippen molar-refractivity contribution in [3.63, 3.8) is 0 Å². The Balaban J connectivity index is 1.78. The predicted molar refractivity (Wildman–Crippen MR) is 80.5 cm³/mol. The molecule has 1 aromatic heterocycles. The highest BCUT2D eigenvalue weighted by atomic mass is 79.9. The number of rotatable bonds is 5. The van der Waals surface area contributed by atoms with Crippen LogP contribution in [-0.2, 0) is 4.79 Å². The van der Waals surface area contributed by atoms with Gasteiger partial charge in [-0.3, -0.25) is 4.79 Å². The summed E-state index contributed by atoms with van der Waals surface area (Å²) in [6.45, 7) is 1.09. The summed E-state index contributed by atoms with van der Waals surface area (Å²) in [4.78, 5) is 18.1. The van der Waals surface area contributed by atoms with E-state index in [4.69, 9.17) is 0 Å². The first-order chi connectivity index (χ1) is 10.1. The highest BCUT2D eigenvalue weighted by Crippen LogP contribution is 2.28. The van der Waals surface area contributed by atoms with Gasteiger partial charge in [0.1, 0.15) is 5.82 Å². The number of aromatic nitrogens is 1. The molecule has 21 heavy (non-hydrogen) atoms. The van der Waals surface area contributed by atoms with Crippen molar-refractivity contribution >= 4 is 27.7 Å². The minimum atomic E-state index is -2.49. The van der Waals surface area contributed by atoms with Crippen LogP contribution in [0.5, 0.6) is 0 Å². The normalized spacial score (nSPS) is 16.3. The van der Waals surface area contributed by atoms with Crippen molar-refractivity contribution in [3.8, 4) is 0 Å². The summed E-state index contributed by atoms with van der Waals surface area (Å²) in [6, 6.07) is 3.82. The maximum absolute atomic E-state index is 12.0. The molecule has 2 rings (SSSR count).